The number of nitrogens with one attached hydrogen (secondary N) is 1. The zero-order chi connectivity index (χ0) is 10.7. The normalized spacial score (nSPS) is 33.2. The summed E-state index contributed by atoms with van der Waals surface area (Å²) in [7, 11) is 0. The molecule has 0 aliphatic heterocycles. The molecule has 15 heavy (non-hydrogen) atoms. The molecule has 0 bridgehead atoms. The minimum Gasteiger partial charge on any atom is -0.314 e. The van der Waals surface area contributed by atoms with Crippen LogP contribution in [-0.2, 0) is 0 Å². The van der Waals surface area contributed by atoms with Crippen LogP contribution in [0.5, 0.6) is 0 Å². The van der Waals surface area contributed by atoms with Crippen LogP contribution in [0.15, 0.2) is 0 Å². The van der Waals surface area contributed by atoms with Gasteiger partial charge in [-0.15, -0.1) is 0 Å². The summed E-state index contributed by atoms with van der Waals surface area (Å²) in [6.45, 7) is 5.91. The van der Waals surface area contributed by atoms with E-state index in [9.17, 15) is 0 Å². The first-order valence-electron chi connectivity index (χ1n) is 7.04. The first kappa shape index (κ1) is 11.4. The molecule has 3 atom stereocenters. The monoisotopic (exact) mass is 209 g/mol. The smallest absolute Gasteiger partial charge is 0.0101 e. The van der Waals surface area contributed by atoms with E-state index in [1.807, 2.05) is 0 Å². The van der Waals surface area contributed by atoms with E-state index in [4.69, 9.17) is 0 Å². The predicted octanol–water partition coefficient (Wildman–Crippen LogP) is 3.59. The lowest BCUT2D eigenvalue weighted by molar-refractivity contribution is 0.349. The van der Waals surface area contributed by atoms with E-state index in [0.29, 0.717) is 0 Å². The molecule has 1 N–H and O–H groups in total. The molecule has 0 heterocycles. The molecule has 2 rings (SSSR count). The molecular formula is C14H27N. The van der Waals surface area contributed by atoms with Crippen molar-refractivity contribution >= 4 is 0 Å². The highest BCUT2D eigenvalue weighted by Gasteiger charge is 2.39. The Balaban J connectivity index is 1.76. The Labute approximate surface area is 95.0 Å². The summed E-state index contributed by atoms with van der Waals surface area (Å²) >= 11 is 0. The van der Waals surface area contributed by atoms with E-state index in [1.165, 1.54) is 51.5 Å². The van der Waals surface area contributed by atoms with Crippen LogP contribution in [-0.4, -0.2) is 12.6 Å². The molecule has 0 saturated heterocycles. The van der Waals surface area contributed by atoms with Crippen molar-refractivity contribution in [1.82, 2.24) is 5.32 Å². The van der Waals surface area contributed by atoms with Gasteiger partial charge < -0.3 is 5.32 Å². The molecule has 0 radical (unpaired) electrons. The van der Waals surface area contributed by atoms with Crippen molar-refractivity contribution in [2.75, 3.05) is 6.54 Å². The highest BCUT2D eigenvalue weighted by Crippen LogP contribution is 2.43. The van der Waals surface area contributed by atoms with Crippen molar-refractivity contribution in [2.45, 2.75) is 64.8 Å². The lowest BCUT2D eigenvalue weighted by Crippen LogP contribution is -2.33. The van der Waals surface area contributed by atoms with Crippen molar-refractivity contribution in [3.05, 3.63) is 0 Å². The van der Waals surface area contributed by atoms with Crippen LogP contribution in [0.3, 0.4) is 0 Å². The van der Waals surface area contributed by atoms with Gasteiger partial charge in [0.15, 0.2) is 0 Å². The Kier molecular flexibility index (Phi) is 4.07. The van der Waals surface area contributed by atoms with Crippen molar-refractivity contribution in [1.29, 1.82) is 0 Å². The number of rotatable bonds is 6. The van der Waals surface area contributed by atoms with Crippen LogP contribution in [0.25, 0.3) is 0 Å². The molecule has 1 nitrogen and oxygen atoms in total. The molecule has 0 aromatic rings. The Morgan fingerprint density at radius 1 is 1.27 bits per heavy atom. The van der Waals surface area contributed by atoms with Crippen LogP contribution in [0, 0.1) is 17.8 Å². The van der Waals surface area contributed by atoms with E-state index in [2.05, 4.69) is 19.2 Å². The second-order valence-electron chi connectivity index (χ2n) is 5.82. The summed E-state index contributed by atoms with van der Waals surface area (Å²) in [6, 6.07) is 0.850. The topological polar surface area (TPSA) is 12.0 Å². The predicted molar refractivity (Wildman–Crippen MR) is 65.9 cm³/mol. The van der Waals surface area contributed by atoms with Gasteiger partial charge in [0.1, 0.15) is 0 Å². The fraction of sp³-hybridized carbons (Fsp3) is 1.00. The molecule has 2 aliphatic carbocycles. The first-order chi connectivity index (χ1) is 7.31. The van der Waals surface area contributed by atoms with Crippen molar-refractivity contribution in [3.63, 3.8) is 0 Å². The maximum absolute atomic E-state index is 3.79. The molecule has 0 amide bonds. The SMILES string of the molecule is CCCNC(CC1CCCC1)C1CC1C. The van der Waals surface area contributed by atoms with Gasteiger partial charge in [-0.25, -0.2) is 0 Å². The third-order valence-electron chi connectivity index (χ3n) is 4.41. The van der Waals surface area contributed by atoms with Gasteiger partial charge >= 0.3 is 0 Å². The van der Waals surface area contributed by atoms with Crippen LogP contribution in [0.1, 0.15) is 58.8 Å². The van der Waals surface area contributed by atoms with Gasteiger partial charge in [-0.3, -0.25) is 0 Å². The van der Waals surface area contributed by atoms with Gasteiger partial charge in [0.05, 0.1) is 0 Å². The zero-order valence-electron chi connectivity index (χ0n) is 10.5. The Morgan fingerprint density at radius 3 is 2.47 bits per heavy atom. The summed E-state index contributed by atoms with van der Waals surface area (Å²) in [5.41, 5.74) is 0. The standard InChI is InChI=1S/C14H27N/c1-3-8-15-14(13-9-11(13)2)10-12-6-4-5-7-12/h11-15H,3-10H2,1-2H3. The zero-order valence-corrected chi connectivity index (χ0v) is 10.5. The third kappa shape index (κ3) is 3.21. The molecule has 3 unspecified atom stereocenters. The van der Waals surface area contributed by atoms with E-state index in [0.717, 1.165) is 23.8 Å². The van der Waals surface area contributed by atoms with Gasteiger partial charge in [-0.1, -0.05) is 39.5 Å². The van der Waals surface area contributed by atoms with Gasteiger partial charge in [0.2, 0.25) is 0 Å². The van der Waals surface area contributed by atoms with Crippen molar-refractivity contribution < 1.29 is 0 Å². The highest BCUT2D eigenvalue weighted by atomic mass is 14.9. The summed E-state index contributed by atoms with van der Waals surface area (Å²) < 4.78 is 0. The lowest BCUT2D eigenvalue weighted by atomic mass is 9.95. The Bertz CT molecular complexity index is 184. The molecule has 0 aromatic carbocycles. The van der Waals surface area contributed by atoms with Crippen LogP contribution in [0.2, 0.25) is 0 Å². The summed E-state index contributed by atoms with van der Waals surface area (Å²) in [5.74, 6) is 3.06. The quantitative estimate of drug-likeness (QED) is 0.705. The van der Waals surface area contributed by atoms with E-state index in [1.54, 1.807) is 0 Å². The molecule has 2 aliphatic rings. The molecular weight excluding hydrogens is 182 g/mol. The molecule has 0 aromatic heterocycles. The largest absolute Gasteiger partial charge is 0.314 e. The van der Waals surface area contributed by atoms with Crippen LogP contribution in [0.4, 0.5) is 0 Å². The van der Waals surface area contributed by atoms with Gasteiger partial charge in [-0.05, 0) is 43.6 Å². The van der Waals surface area contributed by atoms with Gasteiger partial charge in [0.25, 0.3) is 0 Å². The minimum absolute atomic E-state index is 0.850. The molecule has 1 heteroatoms. The Morgan fingerprint density at radius 2 is 1.93 bits per heavy atom. The molecule has 2 saturated carbocycles. The van der Waals surface area contributed by atoms with E-state index < -0.39 is 0 Å². The van der Waals surface area contributed by atoms with Gasteiger partial charge in [0, 0.05) is 6.04 Å². The van der Waals surface area contributed by atoms with Crippen LogP contribution < -0.4 is 5.32 Å². The third-order valence-corrected chi connectivity index (χ3v) is 4.41. The maximum Gasteiger partial charge on any atom is 0.0101 e. The average molecular weight is 209 g/mol. The van der Waals surface area contributed by atoms with Gasteiger partial charge in [-0.2, -0.15) is 0 Å². The summed E-state index contributed by atoms with van der Waals surface area (Å²) in [4.78, 5) is 0. The highest BCUT2D eigenvalue weighted by molar-refractivity contribution is 4.93. The average Bonchev–Trinajstić information content (AvgIpc) is 2.77. The second-order valence-corrected chi connectivity index (χ2v) is 5.82. The van der Waals surface area contributed by atoms with Crippen molar-refractivity contribution in [3.8, 4) is 0 Å². The maximum atomic E-state index is 3.79. The fourth-order valence-corrected chi connectivity index (χ4v) is 3.26. The minimum atomic E-state index is 0.850. The summed E-state index contributed by atoms with van der Waals surface area (Å²) in [5, 5.41) is 3.79. The van der Waals surface area contributed by atoms with Crippen LogP contribution >= 0.6 is 0 Å². The van der Waals surface area contributed by atoms with Crippen molar-refractivity contribution in [2.24, 2.45) is 17.8 Å². The first-order valence-corrected chi connectivity index (χ1v) is 7.04. The molecule has 2 fully saturated rings. The van der Waals surface area contributed by atoms with E-state index in [-0.39, 0.29) is 0 Å². The molecule has 0 spiro atoms. The lowest BCUT2D eigenvalue weighted by Gasteiger charge is -2.22. The second kappa shape index (κ2) is 5.34. The fourth-order valence-electron chi connectivity index (χ4n) is 3.26. The number of hydrogen-bond acceptors (Lipinski definition) is 1. The number of hydrogen-bond donors (Lipinski definition) is 1. The van der Waals surface area contributed by atoms with E-state index >= 15 is 0 Å². The summed E-state index contributed by atoms with van der Waals surface area (Å²) in [6.07, 6.45) is 10.2. The Hall–Kier alpha value is -0.0400. The molecule has 88 valence electrons.